The third-order valence-corrected chi connectivity index (χ3v) is 12.5. The maximum Gasteiger partial charge on any atom is 0.321 e. The molecule has 1 unspecified atom stereocenters. The van der Waals surface area contributed by atoms with Gasteiger partial charge in [-0.15, -0.1) is 0 Å². The zero-order chi connectivity index (χ0) is 41.7. The Balaban J connectivity index is 1.49. The van der Waals surface area contributed by atoms with Crippen LogP contribution >= 0.6 is 0 Å². The quantitative estimate of drug-likeness (QED) is 0.0230. The lowest BCUT2D eigenvalue weighted by Crippen LogP contribution is -2.55. The predicted molar refractivity (Wildman–Crippen MR) is 218 cm³/mol. The number of likely N-dealkylation sites (N-methyl/N-ethyl adjacent to an activating group) is 1. The summed E-state index contributed by atoms with van der Waals surface area (Å²) in [5.74, 6) is 2.29. The summed E-state index contributed by atoms with van der Waals surface area (Å²) in [6.45, 7) is 12.0. The number of nitrogens with two attached hydrogens (primary N) is 1. The van der Waals surface area contributed by atoms with Crippen LogP contribution in [0, 0.1) is 13.8 Å². The molecule has 57 heavy (non-hydrogen) atoms. The van der Waals surface area contributed by atoms with Crippen LogP contribution in [0.25, 0.3) is 22.1 Å². The number of Topliss-reactive ketones (excluding diaryl/α,β-unsaturated/α-hetero) is 2. The van der Waals surface area contributed by atoms with Crippen molar-refractivity contribution in [2.75, 3.05) is 34.8 Å². The third-order valence-electron chi connectivity index (χ3n) is 12.5. The molecule has 0 radical (unpaired) electrons. The number of amides is 2. The second-order valence-corrected chi connectivity index (χ2v) is 16.8. The first kappa shape index (κ1) is 41.4. The van der Waals surface area contributed by atoms with Gasteiger partial charge in [-0.05, 0) is 69.4 Å². The summed E-state index contributed by atoms with van der Waals surface area (Å²) in [4.78, 5) is 84.1. The van der Waals surface area contributed by atoms with Crippen LogP contribution in [0.2, 0.25) is 0 Å². The Kier molecular flexibility index (Phi) is 11.6. The molecular weight excluding hydrogens is 725 g/mol. The molecule has 3 aromatic heterocycles. The van der Waals surface area contributed by atoms with Gasteiger partial charge in [0.25, 0.3) is 5.91 Å². The minimum Gasteiger partial charge on any atom is -0.468 e. The first-order chi connectivity index (χ1) is 26.9. The Bertz CT molecular complexity index is 2320. The third kappa shape index (κ3) is 7.52. The van der Waals surface area contributed by atoms with Gasteiger partial charge in [0, 0.05) is 87.9 Å². The highest BCUT2D eigenvalue weighted by molar-refractivity contribution is 6.23. The molecule has 6 atom stereocenters. The van der Waals surface area contributed by atoms with Crippen molar-refractivity contribution in [2.45, 2.75) is 109 Å². The molecule has 0 fully saturated rings. The van der Waals surface area contributed by atoms with Crippen molar-refractivity contribution in [1.29, 1.82) is 0 Å². The van der Waals surface area contributed by atoms with Crippen molar-refractivity contribution in [1.82, 2.24) is 30.7 Å². The van der Waals surface area contributed by atoms with Crippen LogP contribution in [0.5, 0.6) is 0 Å². The molecule has 14 heteroatoms. The fraction of sp³-hybridized carbons (Fsp3) is 0.512. The zero-order valence-electron chi connectivity index (χ0n) is 34.8. The van der Waals surface area contributed by atoms with E-state index in [1.54, 1.807) is 6.92 Å². The van der Waals surface area contributed by atoms with Crippen molar-refractivity contribution in [2.24, 2.45) is 5.84 Å². The summed E-state index contributed by atoms with van der Waals surface area (Å²) < 4.78 is 5.64. The lowest BCUT2D eigenvalue weighted by Gasteiger charge is -2.32. The Morgan fingerprint density at radius 2 is 1.56 bits per heavy atom. The van der Waals surface area contributed by atoms with Gasteiger partial charge in [-0.1, -0.05) is 20.8 Å². The van der Waals surface area contributed by atoms with Crippen molar-refractivity contribution in [3.63, 3.8) is 0 Å². The molecule has 2 aliphatic heterocycles. The van der Waals surface area contributed by atoms with E-state index in [2.05, 4.69) is 34.6 Å². The number of esters is 1. The first-order valence-corrected chi connectivity index (χ1v) is 19.9. The number of fused-ring (bicyclic) bond motifs is 8. The Morgan fingerprint density at radius 3 is 2.19 bits per heavy atom. The van der Waals surface area contributed by atoms with Gasteiger partial charge in [0.2, 0.25) is 5.91 Å². The molecule has 3 aliphatic rings. The van der Waals surface area contributed by atoms with Crippen LogP contribution in [0.15, 0.2) is 18.2 Å². The molecule has 8 bridgehead atoms. The normalized spacial score (nSPS) is 20.7. The number of hydrogen-bond donors (Lipinski definition) is 5. The van der Waals surface area contributed by atoms with E-state index >= 15 is 0 Å². The number of nitrogens with zero attached hydrogens (tertiary/aromatic N) is 3. The van der Waals surface area contributed by atoms with Gasteiger partial charge >= 0.3 is 5.97 Å². The first-order valence-electron chi connectivity index (χ1n) is 19.9. The van der Waals surface area contributed by atoms with Gasteiger partial charge in [0.1, 0.15) is 5.92 Å². The average molecular weight is 782 g/mol. The summed E-state index contributed by atoms with van der Waals surface area (Å²) in [7, 11) is 7.04. The SMILES string of the molecule is CC[C@H]1c2cc3[nH]c4c(c3C)C(=O)C(C(=O)OC)c4c3nc(cc4[nH]c(cc(n2)[C@@H]1C)c(C(C)=O)c4C)[C@@H](C)[C@@H]3CCC(=O)NCCC[C@@H](C(=O)NN)[N+](C)(C)C. The van der Waals surface area contributed by atoms with Gasteiger partial charge in [-0.2, -0.15) is 0 Å². The number of quaternary nitrogens is 1. The molecule has 0 saturated carbocycles. The van der Waals surface area contributed by atoms with Gasteiger partial charge < -0.3 is 24.5 Å². The summed E-state index contributed by atoms with van der Waals surface area (Å²) >= 11 is 0. The van der Waals surface area contributed by atoms with Crippen LogP contribution in [-0.2, 0) is 19.1 Å². The largest absolute Gasteiger partial charge is 0.468 e. The molecule has 14 nitrogen and oxygen atoms in total. The Hall–Kier alpha value is -5.21. The van der Waals surface area contributed by atoms with E-state index in [1.165, 1.54) is 7.11 Å². The molecule has 3 aromatic rings. The van der Waals surface area contributed by atoms with Crippen molar-refractivity contribution >= 4 is 51.4 Å². The van der Waals surface area contributed by atoms with Crippen LogP contribution in [0.4, 0.5) is 0 Å². The molecule has 6 rings (SSSR count). The second kappa shape index (κ2) is 16.0. The summed E-state index contributed by atoms with van der Waals surface area (Å²) in [5, 5.41) is 3.01. The minimum absolute atomic E-state index is 0.0717. The van der Waals surface area contributed by atoms with E-state index in [0.29, 0.717) is 75.0 Å². The molecule has 2 amide bonds. The van der Waals surface area contributed by atoms with Crippen LogP contribution in [0.3, 0.4) is 0 Å². The van der Waals surface area contributed by atoms with Gasteiger partial charge in [0.05, 0.1) is 45.0 Å². The van der Waals surface area contributed by atoms with Gasteiger partial charge in [-0.25, -0.2) is 5.84 Å². The lowest BCUT2D eigenvalue weighted by atomic mass is 9.84. The number of hydrogen-bond acceptors (Lipinski definition) is 9. The Morgan fingerprint density at radius 1 is 0.930 bits per heavy atom. The topological polar surface area (TPSA) is 202 Å². The highest BCUT2D eigenvalue weighted by Gasteiger charge is 2.45. The number of carbonyl (C=O) groups is 5. The smallest absolute Gasteiger partial charge is 0.321 e. The van der Waals surface area contributed by atoms with Crippen LogP contribution in [0.1, 0.15) is 150 Å². The van der Waals surface area contributed by atoms with Crippen molar-refractivity contribution in [3.8, 4) is 0 Å². The van der Waals surface area contributed by atoms with Crippen LogP contribution in [-0.4, -0.2) is 94.6 Å². The fourth-order valence-corrected chi connectivity index (χ4v) is 9.20. The number of rotatable bonds is 12. The predicted octanol–water partition coefficient (Wildman–Crippen LogP) is 5.51. The summed E-state index contributed by atoms with van der Waals surface area (Å²) in [6.07, 6.45) is 2.49. The standard InChI is InChI=1S/C43H56N8O6/c1-11-25-20(2)27-19-32-35(24(6)52)22(4)29(47-32)17-28-21(3)26(14-15-34(53)45-16-12-13-33(42(55)50-44)51(7,8)9)39(48-28)37-38(43(56)57-10)41(54)36-23(5)30(49-40(36)37)18-31(25)46-27/h17-21,25-26,33,38H,11-16H2,1-10H3,(H5-,44,45,46,47,48,49,50,52,53,54,55)/p+1/t20-,21+,25-,26+,33+,38?/m1/s1. The van der Waals surface area contributed by atoms with Crippen molar-refractivity contribution < 1.29 is 33.2 Å². The molecule has 304 valence electrons. The van der Waals surface area contributed by atoms with E-state index < -0.39 is 11.9 Å². The van der Waals surface area contributed by atoms with Crippen LogP contribution < -0.4 is 16.6 Å². The molecule has 1 aliphatic carbocycles. The number of ketones is 2. The van der Waals surface area contributed by atoms with E-state index in [0.717, 1.165) is 34.4 Å². The second-order valence-electron chi connectivity index (χ2n) is 16.8. The summed E-state index contributed by atoms with van der Waals surface area (Å²) in [6, 6.07) is 5.55. The monoisotopic (exact) mass is 781 g/mol. The van der Waals surface area contributed by atoms with E-state index in [4.69, 9.17) is 20.5 Å². The van der Waals surface area contributed by atoms with E-state index in [1.807, 2.05) is 60.1 Å². The number of hydrazine groups is 1. The number of ether oxygens (including phenoxy) is 1. The number of aromatic amines is 2. The number of carbonyl (C=O) groups excluding carboxylic acids is 5. The van der Waals surface area contributed by atoms with Gasteiger partial charge in [-0.3, -0.25) is 39.4 Å². The fourth-order valence-electron chi connectivity index (χ4n) is 9.20. The number of aryl methyl sites for hydroxylation is 2. The lowest BCUT2D eigenvalue weighted by molar-refractivity contribution is -0.886. The summed E-state index contributed by atoms with van der Waals surface area (Å²) in [5.41, 5.74) is 10.9. The number of aromatic nitrogens is 4. The molecule has 6 N–H and O–H groups in total. The number of H-pyrrole nitrogens is 2. The molecular formula is C43H57N8O6+. The average Bonchev–Trinajstić information content (AvgIpc) is 3.90. The number of nitrogens with one attached hydrogen (secondary N) is 4. The maximum atomic E-state index is 14.3. The Labute approximate surface area is 333 Å². The minimum atomic E-state index is -1.23. The highest BCUT2D eigenvalue weighted by atomic mass is 16.5. The maximum absolute atomic E-state index is 14.3. The van der Waals surface area contributed by atoms with E-state index in [9.17, 15) is 24.0 Å². The molecule has 0 saturated heterocycles. The van der Waals surface area contributed by atoms with E-state index in [-0.39, 0.29) is 59.5 Å². The number of methoxy groups -OCH3 is 1. The molecule has 0 aromatic carbocycles. The highest BCUT2D eigenvalue weighted by Crippen LogP contribution is 2.48. The zero-order valence-corrected chi connectivity index (χ0v) is 34.8. The molecule has 0 spiro atoms. The van der Waals surface area contributed by atoms with Crippen molar-refractivity contribution in [3.05, 3.63) is 68.8 Å². The van der Waals surface area contributed by atoms with Gasteiger partial charge in [0.15, 0.2) is 17.6 Å². The molecule has 5 heterocycles.